The summed E-state index contributed by atoms with van der Waals surface area (Å²) in [7, 11) is 1.74. The highest BCUT2D eigenvalue weighted by Gasteiger charge is 2.33. The molecule has 0 aromatic rings. The topological polar surface area (TPSA) is 29.5 Å². The third-order valence-corrected chi connectivity index (χ3v) is 4.29. The third kappa shape index (κ3) is 4.06. The number of hydrogen-bond acceptors (Lipinski definition) is 3. The van der Waals surface area contributed by atoms with E-state index in [1.54, 1.807) is 7.11 Å². The van der Waals surface area contributed by atoms with E-state index in [0.29, 0.717) is 23.7 Å². The molecule has 1 rings (SSSR count). The summed E-state index contributed by atoms with van der Waals surface area (Å²) < 4.78 is 5.22. The van der Waals surface area contributed by atoms with E-state index in [9.17, 15) is 4.79 Å². The van der Waals surface area contributed by atoms with Crippen molar-refractivity contribution in [1.82, 2.24) is 4.90 Å². The molecule has 0 bridgehead atoms. The van der Waals surface area contributed by atoms with Gasteiger partial charge in [-0.3, -0.25) is 9.69 Å². The number of methoxy groups -OCH3 is 1. The number of carbonyl (C=O) groups excluding carboxylic acids is 1. The number of carbonyl (C=O) groups is 1. The largest absolute Gasteiger partial charge is 0.383 e. The van der Waals surface area contributed by atoms with Crippen molar-refractivity contribution in [2.24, 2.45) is 17.8 Å². The average molecular weight is 255 g/mol. The van der Waals surface area contributed by atoms with Crippen molar-refractivity contribution in [2.75, 3.05) is 26.8 Å². The first kappa shape index (κ1) is 15.6. The van der Waals surface area contributed by atoms with E-state index in [1.165, 1.54) is 6.42 Å². The smallest absolute Gasteiger partial charge is 0.137 e. The van der Waals surface area contributed by atoms with Crippen LogP contribution in [-0.2, 0) is 9.53 Å². The van der Waals surface area contributed by atoms with Gasteiger partial charge >= 0.3 is 0 Å². The molecule has 0 aromatic carbocycles. The number of nitrogens with zero attached hydrogens (tertiary/aromatic N) is 1. The molecule has 4 unspecified atom stereocenters. The molecule has 1 aliphatic rings. The number of rotatable bonds is 6. The molecule has 0 amide bonds. The molecule has 0 radical (unpaired) electrons. The molecule has 3 nitrogen and oxygen atoms in total. The minimum Gasteiger partial charge on any atom is -0.383 e. The second kappa shape index (κ2) is 7.25. The van der Waals surface area contributed by atoms with Crippen LogP contribution < -0.4 is 0 Å². The highest BCUT2D eigenvalue weighted by atomic mass is 16.5. The Balaban J connectivity index is 2.60. The molecular weight excluding hydrogens is 226 g/mol. The van der Waals surface area contributed by atoms with Crippen molar-refractivity contribution in [3.63, 3.8) is 0 Å². The highest BCUT2D eigenvalue weighted by Crippen LogP contribution is 2.31. The fraction of sp³-hybridized carbons (Fsp3) is 0.933. The Kier molecular flexibility index (Phi) is 6.30. The lowest BCUT2D eigenvalue weighted by Gasteiger charge is -2.37. The van der Waals surface area contributed by atoms with Crippen LogP contribution in [0.4, 0.5) is 0 Å². The number of likely N-dealkylation sites (N-methyl/N-ethyl adjacent to an activating group) is 1. The Bertz CT molecular complexity index is 267. The van der Waals surface area contributed by atoms with Gasteiger partial charge in [0, 0.05) is 32.0 Å². The van der Waals surface area contributed by atoms with Crippen LogP contribution in [0.1, 0.15) is 40.5 Å². The Morgan fingerprint density at radius 2 is 2.11 bits per heavy atom. The summed E-state index contributed by atoms with van der Waals surface area (Å²) in [6.07, 6.45) is 1.96. The molecule has 0 aromatic heterocycles. The quantitative estimate of drug-likeness (QED) is 0.730. The van der Waals surface area contributed by atoms with Crippen LogP contribution in [0.15, 0.2) is 0 Å². The van der Waals surface area contributed by atoms with Gasteiger partial charge in [-0.2, -0.15) is 0 Å². The summed E-state index contributed by atoms with van der Waals surface area (Å²) in [6.45, 7) is 11.4. The van der Waals surface area contributed by atoms with Gasteiger partial charge in [0.05, 0.1) is 6.61 Å². The van der Waals surface area contributed by atoms with Gasteiger partial charge in [-0.15, -0.1) is 0 Å². The maximum absolute atomic E-state index is 12.2. The average Bonchev–Trinajstić information content (AvgIpc) is 2.28. The van der Waals surface area contributed by atoms with Gasteiger partial charge in [-0.1, -0.05) is 20.8 Å². The van der Waals surface area contributed by atoms with Gasteiger partial charge in [0.25, 0.3) is 0 Å². The molecule has 106 valence electrons. The van der Waals surface area contributed by atoms with Gasteiger partial charge in [-0.05, 0) is 31.7 Å². The highest BCUT2D eigenvalue weighted by molar-refractivity contribution is 5.82. The molecular formula is C15H29NO2. The van der Waals surface area contributed by atoms with Gasteiger partial charge < -0.3 is 4.74 Å². The first-order chi connectivity index (χ1) is 8.49. The van der Waals surface area contributed by atoms with Crippen molar-refractivity contribution < 1.29 is 9.53 Å². The Hall–Kier alpha value is -0.410. The number of ketones is 1. The molecule has 0 aliphatic heterocycles. The second-order valence-electron chi connectivity index (χ2n) is 5.99. The zero-order valence-corrected chi connectivity index (χ0v) is 12.6. The molecule has 1 fully saturated rings. The Morgan fingerprint density at radius 1 is 1.44 bits per heavy atom. The van der Waals surface area contributed by atoms with E-state index in [0.717, 1.165) is 26.1 Å². The number of ether oxygens (including phenoxy) is 1. The van der Waals surface area contributed by atoms with Gasteiger partial charge in [-0.25, -0.2) is 0 Å². The summed E-state index contributed by atoms with van der Waals surface area (Å²) in [4.78, 5) is 14.6. The normalized spacial score (nSPS) is 30.8. The lowest BCUT2D eigenvalue weighted by molar-refractivity contribution is -0.129. The maximum atomic E-state index is 12.2. The van der Waals surface area contributed by atoms with Crippen LogP contribution in [-0.4, -0.2) is 43.5 Å². The maximum Gasteiger partial charge on any atom is 0.137 e. The minimum atomic E-state index is 0.223. The molecule has 0 N–H and O–H groups in total. The van der Waals surface area contributed by atoms with E-state index >= 15 is 0 Å². The van der Waals surface area contributed by atoms with Crippen LogP contribution in [0.5, 0.6) is 0 Å². The first-order valence-corrected chi connectivity index (χ1v) is 7.25. The standard InChI is InChI=1S/C15H29NO2/c1-6-16(13(4)10-18-5)9-14-12(3)7-11(2)8-15(14)17/h11-14H,6-10H2,1-5H3. The Labute approximate surface area is 112 Å². The van der Waals surface area contributed by atoms with Crippen LogP contribution in [0, 0.1) is 17.8 Å². The minimum absolute atomic E-state index is 0.223. The van der Waals surface area contributed by atoms with E-state index in [1.807, 2.05) is 0 Å². The van der Waals surface area contributed by atoms with E-state index < -0.39 is 0 Å². The molecule has 3 heteroatoms. The molecule has 0 saturated heterocycles. The molecule has 18 heavy (non-hydrogen) atoms. The molecule has 0 heterocycles. The van der Waals surface area contributed by atoms with Crippen molar-refractivity contribution in [3.05, 3.63) is 0 Å². The summed E-state index contributed by atoms with van der Waals surface area (Å²) in [5, 5.41) is 0. The third-order valence-electron chi connectivity index (χ3n) is 4.29. The van der Waals surface area contributed by atoms with Crippen LogP contribution >= 0.6 is 0 Å². The fourth-order valence-electron chi connectivity index (χ4n) is 3.20. The van der Waals surface area contributed by atoms with Crippen LogP contribution in [0.2, 0.25) is 0 Å². The monoisotopic (exact) mass is 255 g/mol. The summed E-state index contributed by atoms with van der Waals surface area (Å²) in [5.41, 5.74) is 0. The van der Waals surface area contributed by atoms with Gasteiger partial charge in [0.1, 0.15) is 5.78 Å². The zero-order chi connectivity index (χ0) is 13.7. The summed E-state index contributed by atoms with van der Waals surface area (Å²) >= 11 is 0. The van der Waals surface area contributed by atoms with Gasteiger partial charge in [0.2, 0.25) is 0 Å². The molecule has 0 spiro atoms. The number of hydrogen-bond donors (Lipinski definition) is 0. The van der Waals surface area contributed by atoms with Crippen molar-refractivity contribution in [3.8, 4) is 0 Å². The zero-order valence-electron chi connectivity index (χ0n) is 12.6. The lowest BCUT2D eigenvalue weighted by Crippen LogP contribution is -2.44. The fourth-order valence-corrected chi connectivity index (χ4v) is 3.20. The molecule has 1 aliphatic carbocycles. The SMILES string of the molecule is CCN(CC1C(=O)CC(C)CC1C)C(C)COC. The van der Waals surface area contributed by atoms with Crippen LogP contribution in [0.25, 0.3) is 0 Å². The molecule has 4 atom stereocenters. The first-order valence-electron chi connectivity index (χ1n) is 7.25. The lowest BCUT2D eigenvalue weighted by atomic mass is 9.74. The van der Waals surface area contributed by atoms with Crippen molar-refractivity contribution in [1.29, 1.82) is 0 Å². The van der Waals surface area contributed by atoms with Crippen molar-refractivity contribution in [2.45, 2.75) is 46.6 Å². The summed E-state index contributed by atoms with van der Waals surface area (Å²) in [6, 6.07) is 0.388. The summed E-state index contributed by atoms with van der Waals surface area (Å²) in [5.74, 6) is 1.77. The van der Waals surface area contributed by atoms with Gasteiger partial charge in [0.15, 0.2) is 0 Å². The predicted octanol–water partition coefficient (Wildman–Crippen LogP) is 2.59. The predicted molar refractivity (Wildman–Crippen MR) is 74.6 cm³/mol. The second-order valence-corrected chi connectivity index (χ2v) is 5.99. The molecule has 1 saturated carbocycles. The van der Waals surface area contributed by atoms with Crippen LogP contribution in [0.3, 0.4) is 0 Å². The van der Waals surface area contributed by atoms with E-state index in [4.69, 9.17) is 4.74 Å². The van der Waals surface area contributed by atoms with E-state index in [-0.39, 0.29) is 5.92 Å². The van der Waals surface area contributed by atoms with E-state index in [2.05, 4.69) is 32.6 Å². The number of Topliss-reactive ketones (excluding diaryl/α,β-unsaturated/α-hetero) is 1. The van der Waals surface area contributed by atoms with Crippen molar-refractivity contribution >= 4 is 5.78 Å². The Morgan fingerprint density at radius 3 is 2.61 bits per heavy atom.